The predicted octanol–water partition coefficient (Wildman–Crippen LogP) is 2.09. The Morgan fingerprint density at radius 2 is 2.21 bits per heavy atom. The van der Waals surface area contributed by atoms with E-state index in [2.05, 4.69) is 0 Å². The van der Waals surface area contributed by atoms with Gasteiger partial charge in [-0.3, -0.25) is 9.59 Å². The first kappa shape index (κ1) is 13.7. The van der Waals surface area contributed by atoms with Gasteiger partial charge in [0.2, 0.25) is 5.91 Å². The molecule has 0 aromatic heterocycles. The van der Waals surface area contributed by atoms with Crippen molar-refractivity contribution in [3.05, 3.63) is 22.7 Å². The quantitative estimate of drug-likeness (QED) is 0.863. The molecule has 102 valence electrons. The number of rotatable bonds is 3. The van der Waals surface area contributed by atoms with Gasteiger partial charge in [0.25, 0.3) is 0 Å². The zero-order chi connectivity index (χ0) is 14.2. The van der Waals surface area contributed by atoms with E-state index in [-0.39, 0.29) is 0 Å². The van der Waals surface area contributed by atoms with Crippen molar-refractivity contribution in [3.8, 4) is 5.75 Å². The third-order valence-electron chi connectivity index (χ3n) is 3.25. The molecular formula is C13H14ClNO4. The van der Waals surface area contributed by atoms with Gasteiger partial charge in [-0.05, 0) is 25.0 Å². The third kappa shape index (κ3) is 2.38. The predicted molar refractivity (Wildman–Crippen MR) is 70.8 cm³/mol. The van der Waals surface area contributed by atoms with Crippen LogP contribution in [0.3, 0.4) is 0 Å². The van der Waals surface area contributed by atoms with Crippen LogP contribution in [0.15, 0.2) is 12.1 Å². The molecule has 1 fully saturated rings. The van der Waals surface area contributed by atoms with Crippen molar-refractivity contribution in [2.24, 2.45) is 5.92 Å². The molecule has 1 aliphatic heterocycles. The summed E-state index contributed by atoms with van der Waals surface area (Å²) in [6, 6.07) is 3.37. The van der Waals surface area contributed by atoms with Crippen LogP contribution in [0.4, 0.5) is 5.69 Å². The van der Waals surface area contributed by atoms with Crippen molar-refractivity contribution in [1.29, 1.82) is 0 Å². The van der Waals surface area contributed by atoms with Gasteiger partial charge in [0.1, 0.15) is 11.7 Å². The van der Waals surface area contributed by atoms with Crippen molar-refractivity contribution in [1.82, 2.24) is 0 Å². The van der Waals surface area contributed by atoms with Crippen LogP contribution in [0.5, 0.6) is 5.75 Å². The summed E-state index contributed by atoms with van der Waals surface area (Å²) in [5.41, 5.74) is 1.38. The van der Waals surface area contributed by atoms with Crippen molar-refractivity contribution in [2.45, 2.75) is 13.3 Å². The molecule has 2 rings (SSSR count). The summed E-state index contributed by atoms with van der Waals surface area (Å²) < 4.78 is 5.21. The average molecular weight is 284 g/mol. The van der Waals surface area contributed by atoms with Crippen LogP contribution in [0, 0.1) is 12.8 Å². The van der Waals surface area contributed by atoms with Gasteiger partial charge in [-0.15, -0.1) is 0 Å². The topological polar surface area (TPSA) is 66.8 Å². The Hall–Kier alpha value is -1.75. The summed E-state index contributed by atoms with van der Waals surface area (Å²) in [4.78, 5) is 24.5. The van der Waals surface area contributed by atoms with Crippen LogP contribution >= 0.6 is 11.6 Å². The lowest BCUT2D eigenvalue weighted by Crippen LogP contribution is -2.30. The van der Waals surface area contributed by atoms with E-state index in [4.69, 9.17) is 21.4 Å². The lowest BCUT2D eigenvalue weighted by atomic mass is 10.1. The Bertz CT molecular complexity index is 544. The zero-order valence-electron chi connectivity index (χ0n) is 10.6. The van der Waals surface area contributed by atoms with Gasteiger partial charge in [0.15, 0.2) is 0 Å². The van der Waals surface area contributed by atoms with Gasteiger partial charge in [-0.2, -0.15) is 0 Å². The van der Waals surface area contributed by atoms with Crippen LogP contribution in [0.1, 0.15) is 12.0 Å². The van der Waals surface area contributed by atoms with Gasteiger partial charge in [0.05, 0.1) is 12.8 Å². The number of hydrogen-bond donors (Lipinski definition) is 1. The number of nitrogens with zero attached hydrogens (tertiary/aromatic N) is 1. The number of methoxy groups -OCH3 is 1. The number of halogens is 1. The number of aliphatic carboxylic acids is 1. The van der Waals surface area contributed by atoms with E-state index in [0.29, 0.717) is 29.4 Å². The smallest absolute Gasteiger partial charge is 0.316 e. The molecule has 1 heterocycles. The Morgan fingerprint density at radius 3 is 2.74 bits per heavy atom. The second-order valence-electron chi connectivity index (χ2n) is 4.44. The van der Waals surface area contributed by atoms with Crippen LogP contribution in [-0.2, 0) is 9.59 Å². The minimum atomic E-state index is -1.09. The fourth-order valence-corrected chi connectivity index (χ4v) is 2.32. The van der Waals surface area contributed by atoms with E-state index >= 15 is 0 Å². The number of carboxylic acids is 1. The van der Waals surface area contributed by atoms with Gasteiger partial charge >= 0.3 is 5.97 Å². The van der Waals surface area contributed by atoms with Gasteiger partial charge in [-0.1, -0.05) is 11.6 Å². The summed E-state index contributed by atoms with van der Waals surface area (Å²) in [7, 11) is 1.49. The van der Waals surface area contributed by atoms with Crippen molar-refractivity contribution < 1.29 is 19.4 Å². The van der Waals surface area contributed by atoms with Gasteiger partial charge in [-0.25, -0.2) is 0 Å². The number of carbonyl (C=O) groups excluding carboxylic acids is 1. The number of hydrogen-bond acceptors (Lipinski definition) is 3. The highest BCUT2D eigenvalue weighted by atomic mass is 35.5. The number of amides is 1. The van der Waals surface area contributed by atoms with E-state index in [0.717, 1.165) is 5.56 Å². The molecule has 5 nitrogen and oxygen atoms in total. The highest BCUT2D eigenvalue weighted by Crippen LogP contribution is 2.36. The summed E-state index contributed by atoms with van der Waals surface area (Å²) in [5.74, 6) is -2.00. The van der Waals surface area contributed by atoms with Gasteiger partial charge in [0, 0.05) is 17.6 Å². The highest BCUT2D eigenvalue weighted by Gasteiger charge is 2.38. The molecule has 1 N–H and O–H groups in total. The fourth-order valence-electron chi connectivity index (χ4n) is 2.17. The summed E-state index contributed by atoms with van der Waals surface area (Å²) in [5, 5.41) is 9.52. The van der Waals surface area contributed by atoms with E-state index < -0.39 is 17.8 Å². The standard InChI is InChI=1S/C13H14ClNO4/c1-7-5-10(11(19-2)6-9(7)14)15-4-3-8(12(15)16)13(17)18/h5-6,8H,3-4H2,1-2H3,(H,17,18). The molecule has 0 saturated carbocycles. The molecule has 0 aliphatic carbocycles. The normalized spacial score (nSPS) is 18.8. The number of ether oxygens (including phenoxy) is 1. The zero-order valence-corrected chi connectivity index (χ0v) is 11.4. The maximum absolute atomic E-state index is 12.1. The Morgan fingerprint density at radius 1 is 1.53 bits per heavy atom. The van der Waals surface area contributed by atoms with Crippen molar-refractivity contribution >= 4 is 29.2 Å². The first-order valence-corrected chi connectivity index (χ1v) is 6.21. The molecule has 19 heavy (non-hydrogen) atoms. The monoisotopic (exact) mass is 283 g/mol. The molecule has 1 aliphatic rings. The van der Waals surface area contributed by atoms with Gasteiger partial charge < -0.3 is 14.7 Å². The van der Waals surface area contributed by atoms with E-state index in [1.165, 1.54) is 12.0 Å². The summed E-state index contributed by atoms with van der Waals surface area (Å²) >= 11 is 6.01. The van der Waals surface area contributed by atoms with Crippen LogP contribution in [0.25, 0.3) is 0 Å². The number of carbonyl (C=O) groups is 2. The maximum Gasteiger partial charge on any atom is 0.316 e. The largest absolute Gasteiger partial charge is 0.495 e. The second kappa shape index (κ2) is 5.09. The molecular weight excluding hydrogens is 270 g/mol. The molecule has 1 saturated heterocycles. The maximum atomic E-state index is 12.1. The Kier molecular flexibility index (Phi) is 3.66. The first-order valence-electron chi connectivity index (χ1n) is 5.84. The number of anilines is 1. The molecule has 0 bridgehead atoms. The van der Waals surface area contributed by atoms with E-state index in [9.17, 15) is 9.59 Å². The second-order valence-corrected chi connectivity index (χ2v) is 4.85. The summed E-state index contributed by atoms with van der Waals surface area (Å²) in [6.45, 7) is 2.19. The van der Waals surface area contributed by atoms with Crippen molar-refractivity contribution in [3.63, 3.8) is 0 Å². The molecule has 1 atom stereocenters. The van der Waals surface area contributed by atoms with E-state index in [1.54, 1.807) is 12.1 Å². The number of benzene rings is 1. The number of carboxylic acid groups (broad SMARTS) is 1. The van der Waals surface area contributed by atoms with Crippen LogP contribution < -0.4 is 9.64 Å². The lowest BCUT2D eigenvalue weighted by molar-refractivity contribution is -0.144. The van der Waals surface area contributed by atoms with Crippen LogP contribution in [-0.4, -0.2) is 30.6 Å². The third-order valence-corrected chi connectivity index (χ3v) is 3.66. The Labute approximate surface area is 115 Å². The average Bonchev–Trinajstić information content (AvgIpc) is 2.74. The minimum absolute atomic E-state index is 0.305. The molecule has 1 amide bonds. The highest BCUT2D eigenvalue weighted by molar-refractivity contribution is 6.31. The van der Waals surface area contributed by atoms with Crippen LogP contribution in [0.2, 0.25) is 5.02 Å². The summed E-state index contributed by atoms with van der Waals surface area (Å²) in [6.07, 6.45) is 0.305. The molecule has 1 aromatic rings. The molecule has 1 aromatic carbocycles. The van der Waals surface area contributed by atoms with Crippen molar-refractivity contribution in [2.75, 3.05) is 18.6 Å². The SMILES string of the molecule is COc1cc(Cl)c(C)cc1N1CCC(C(=O)O)C1=O. The fraction of sp³-hybridized carbons (Fsp3) is 0.385. The first-order chi connectivity index (χ1) is 8.95. The molecule has 0 spiro atoms. The minimum Gasteiger partial charge on any atom is -0.495 e. The molecule has 0 radical (unpaired) electrons. The Balaban J connectivity index is 2.40. The molecule has 6 heteroatoms. The lowest BCUT2D eigenvalue weighted by Gasteiger charge is -2.20. The molecule has 1 unspecified atom stereocenters. The van der Waals surface area contributed by atoms with E-state index in [1.807, 2.05) is 6.92 Å². The number of aryl methyl sites for hydroxylation is 1.